The number of rotatable bonds is 6. The molecular formula is C14H22O3. The monoisotopic (exact) mass is 238 g/mol. The van der Waals surface area contributed by atoms with Crippen LogP contribution in [0.25, 0.3) is 0 Å². The lowest BCUT2D eigenvalue weighted by atomic mass is 9.94. The normalized spacial score (nSPS) is 13.5. The van der Waals surface area contributed by atoms with Crippen LogP contribution in [0.1, 0.15) is 26.3 Å². The fraction of sp³-hybridized carbons (Fsp3) is 0.571. The van der Waals surface area contributed by atoms with Crippen molar-refractivity contribution in [2.45, 2.75) is 38.9 Å². The van der Waals surface area contributed by atoms with Gasteiger partial charge in [0.2, 0.25) is 0 Å². The number of methoxy groups -OCH3 is 1. The number of hydrogen-bond donors (Lipinski definition) is 1. The predicted molar refractivity (Wildman–Crippen MR) is 68.4 cm³/mol. The van der Waals surface area contributed by atoms with Gasteiger partial charge in [-0.05, 0) is 32.4 Å². The van der Waals surface area contributed by atoms with E-state index in [0.717, 1.165) is 11.3 Å². The number of para-hydroxylation sites is 1. The largest absolute Gasteiger partial charge is 0.496 e. The first-order valence-corrected chi connectivity index (χ1v) is 5.95. The van der Waals surface area contributed by atoms with E-state index >= 15 is 0 Å². The van der Waals surface area contributed by atoms with Crippen LogP contribution in [0.2, 0.25) is 0 Å². The number of aliphatic hydroxyl groups excluding tert-OH is 1. The third-order valence-electron chi connectivity index (χ3n) is 2.92. The van der Waals surface area contributed by atoms with Crippen molar-refractivity contribution in [2.75, 3.05) is 13.7 Å². The van der Waals surface area contributed by atoms with Gasteiger partial charge in [0, 0.05) is 13.0 Å². The Balaban J connectivity index is 2.76. The van der Waals surface area contributed by atoms with Crippen molar-refractivity contribution in [2.24, 2.45) is 0 Å². The molecule has 0 fully saturated rings. The first-order chi connectivity index (χ1) is 8.01. The van der Waals surface area contributed by atoms with Crippen molar-refractivity contribution in [3.63, 3.8) is 0 Å². The summed E-state index contributed by atoms with van der Waals surface area (Å²) in [5, 5.41) is 10.2. The first-order valence-electron chi connectivity index (χ1n) is 5.95. The Morgan fingerprint density at radius 3 is 2.53 bits per heavy atom. The number of hydrogen-bond acceptors (Lipinski definition) is 3. The fourth-order valence-electron chi connectivity index (χ4n) is 1.79. The van der Waals surface area contributed by atoms with Crippen LogP contribution >= 0.6 is 0 Å². The molecule has 1 atom stereocenters. The summed E-state index contributed by atoms with van der Waals surface area (Å²) in [5.41, 5.74) is 0.450. The molecule has 1 aromatic rings. The van der Waals surface area contributed by atoms with Crippen LogP contribution in [0.15, 0.2) is 24.3 Å². The van der Waals surface area contributed by atoms with Crippen molar-refractivity contribution in [3.05, 3.63) is 29.8 Å². The molecule has 1 rings (SSSR count). The van der Waals surface area contributed by atoms with Gasteiger partial charge >= 0.3 is 0 Å². The van der Waals surface area contributed by atoms with Gasteiger partial charge in [-0.1, -0.05) is 18.2 Å². The maximum Gasteiger partial charge on any atom is 0.122 e. The molecule has 0 aliphatic rings. The maximum atomic E-state index is 10.2. The molecule has 0 aliphatic carbocycles. The Bertz CT molecular complexity index is 347. The summed E-state index contributed by atoms with van der Waals surface area (Å²) in [4.78, 5) is 0. The second-order valence-corrected chi connectivity index (χ2v) is 4.57. The zero-order chi connectivity index (χ0) is 12.9. The Morgan fingerprint density at radius 2 is 1.94 bits per heavy atom. The molecular weight excluding hydrogens is 216 g/mol. The summed E-state index contributed by atoms with van der Waals surface area (Å²) >= 11 is 0. The van der Waals surface area contributed by atoms with E-state index in [2.05, 4.69) is 0 Å². The second kappa shape index (κ2) is 6.03. The van der Waals surface area contributed by atoms with Gasteiger partial charge in [0.05, 0.1) is 18.8 Å². The van der Waals surface area contributed by atoms with Crippen LogP contribution in [0.4, 0.5) is 0 Å². The Morgan fingerprint density at radius 1 is 1.29 bits per heavy atom. The van der Waals surface area contributed by atoms with Crippen molar-refractivity contribution < 1.29 is 14.6 Å². The highest BCUT2D eigenvalue weighted by molar-refractivity contribution is 5.33. The van der Waals surface area contributed by atoms with E-state index in [4.69, 9.17) is 9.47 Å². The fourth-order valence-corrected chi connectivity index (χ4v) is 1.79. The Labute approximate surface area is 103 Å². The van der Waals surface area contributed by atoms with Gasteiger partial charge in [-0.2, -0.15) is 0 Å². The maximum absolute atomic E-state index is 10.2. The van der Waals surface area contributed by atoms with Gasteiger partial charge in [0.1, 0.15) is 5.75 Å². The molecule has 0 saturated heterocycles. The molecule has 0 spiro atoms. The Hall–Kier alpha value is -1.06. The van der Waals surface area contributed by atoms with Crippen LogP contribution in [-0.2, 0) is 11.2 Å². The summed E-state index contributed by atoms with van der Waals surface area (Å²) in [7, 11) is 1.64. The highest BCUT2D eigenvalue weighted by Crippen LogP contribution is 2.24. The molecule has 1 N–H and O–H groups in total. The molecule has 0 radical (unpaired) electrons. The second-order valence-electron chi connectivity index (χ2n) is 4.57. The summed E-state index contributed by atoms with van der Waals surface area (Å²) < 4.78 is 10.8. The Kier molecular flexibility index (Phi) is 4.97. The van der Waals surface area contributed by atoms with E-state index < -0.39 is 11.7 Å². The van der Waals surface area contributed by atoms with Gasteiger partial charge < -0.3 is 14.6 Å². The zero-order valence-corrected chi connectivity index (χ0v) is 11.1. The minimum absolute atomic E-state index is 0.525. The topological polar surface area (TPSA) is 38.7 Å². The standard InChI is InChI=1S/C14H22O3/c1-5-17-14(2,3)13(15)10-11-8-6-7-9-12(11)16-4/h6-9,13,15H,5,10H2,1-4H3. The highest BCUT2D eigenvalue weighted by atomic mass is 16.5. The van der Waals surface area contributed by atoms with Crippen molar-refractivity contribution in [3.8, 4) is 5.75 Å². The molecule has 1 aromatic carbocycles. The molecule has 96 valence electrons. The SMILES string of the molecule is CCOC(C)(C)C(O)Cc1ccccc1OC. The highest BCUT2D eigenvalue weighted by Gasteiger charge is 2.28. The lowest BCUT2D eigenvalue weighted by Crippen LogP contribution is -2.40. The summed E-state index contributed by atoms with van der Waals surface area (Å²) in [6.07, 6.45) is -0.0319. The summed E-state index contributed by atoms with van der Waals surface area (Å²) in [6, 6.07) is 7.72. The van der Waals surface area contributed by atoms with Gasteiger partial charge in [-0.25, -0.2) is 0 Å². The molecule has 0 heterocycles. The summed E-state index contributed by atoms with van der Waals surface area (Å²) in [5.74, 6) is 0.804. The van der Waals surface area contributed by atoms with E-state index in [0.29, 0.717) is 13.0 Å². The van der Waals surface area contributed by atoms with Gasteiger partial charge in [-0.15, -0.1) is 0 Å². The van der Waals surface area contributed by atoms with E-state index in [1.54, 1.807) is 7.11 Å². The molecule has 0 aromatic heterocycles. The smallest absolute Gasteiger partial charge is 0.122 e. The predicted octanol–water partition coefficient (Wildman–Crippen LogP) is 2.41. The number of aliphatic hydroxyl groups is 1. The van der Waals surface area contributed by atoms with E-state index in [-0.39, 0.29) is 0 Å². The third kappa shape index (κ3) is 3.72. The molecule has 3 heteroatoms. The van der Waals surface area contributed by atoms with E-state index in [1.165, 1.54) is 0 Å². The number of benzene rings is 1. The molecule has 0 amide bonds. The lowest BCUT2D eigenvalue weighted by molar-refractivity contribution is -0.0956. The lowest BCUT2D eigenvalue weighted by Gasteiger charge is -2.30. The van der Waals surface area contributed by atoms with Crippen LogP contribution in [-0.4, -0.2) is 30.5 Å². The van der Waals surface area contributed by atoms with Crippen LogP contribution in [0.5, 0.6) is 5.75 Å². The zero-order valence-electron chi connectivity index (χ0n) is 11.1. The minimum Gasteiger partial charge on any atom is -0.496 e. The molecule has 1 unspecified atom stereocenters. The van der Waals surface area contributed by atoms with E-state index in [9.17, 15) is 5.11 Å². The average Bonchev–Trinajstić information content (AvgIpc) is 2.29. The van der Waals surface area contributed by atoms with Gasteiger partial charge in [0.15, 0.2) is 0 Å². The average molecular weight is 238 g/mol. The van der Waals surface area contributed by atoms with Crippen LogP contribution in [0, 0.1) is 0 Å². The van der Waals surface area contributed by atoms with Crippen LogP contribution < -0.4 is 4.74 Å². The first kappa shape index (κ1) is 14.0. The molecule has 0 bridgehead atoms. The van der Waals surface area contributed by atoms with Crippen LogP contribution in [0.3, 0.4) is 0 Å². The van der Waals surface area contributed by atoms with Crippen molar-refractivity contribution in [1.29, 1.82) is 0 Å². The molecule has 0 saturated carbocycles. The van der Waals surface area contributed by atoms with Gasteiger partial charge in [-0.3, -0.25) is 0 Å². The molecule has 3 nitrogen and oxygen atoms in total. The molecule has 17 heavy (non-hydrogen) atoms. The van der Waals surface area contributed by atoms with Crippen molar-refractivity contribution in [1.82, 2.24) is 0 Å². The summed E-state index contributed by atoms with van der Waals surface area (Å²) in [6.45, 7) is 6.32. The number of ether oxygens (including phenoxy) is 2. The van der Waals surface area contributed by atoms with E-state index in [1.807, 2.05) is 45.0 Å². The quantitative estimate of drug-likeness (QED) is 0.827. The third-order valence-corrected chi connectivity index (χ3v) is 2.92. The minimum atomic E-state index is -0.557. The van der Waals surface area contributed by atoms with Gasteiger partial charge in [0.25, 0.3) is 0 Å². The van der Waals surface area contributed by atoms with Crippen molar-refractivity contribution >= 4 is 0 Å². The molecule has 0 aliphatic heterocycles.